The molecule has 1 rings (SSSR count). The molecule has 0 aliphatic rings. The second kappa shape index (κ2) is 1.81. The van der Waals surface area contributed by atoms with Crippen LogP contribution in [0, 0.1) is 0 Å². The highest BCUT2D eigenvalue weighted by Gasteiger charge is 1.94. The summed E-state index contributed by atoms with van der Waals surface area (Å²) in [5, 5.41) is 0. The summed E-state index contributed by atoms with van der Waals surface area (Å²) in [6, 6.07) is 1.54. The van der Waals surface area contributed by atoms with E-state index in [0.29, 0.717) is 5.69 Å². The van der Waals surface area contributed by atoms with Gasteiger partial charge in [0, 0.05) is 6.20 Å². The first kappa shape index (κ1) is 5.68. The van der Waals surface area contributed by atoms with Gasteiger partial charge in [0.2, 0.25) is 0 Å². The van der Waals surface area contributed by atoms with E-state index < -0.39 is 0 Å². The van der Waals surface area contributed by atoms with Crippen LogP contribution >= 0.6 is 0 Å². The Balaban J connectivity index is 0.000000810. The van der Waals surface area contributed by atoms with Gasteiger partial charge >= 0.3 is 1.43 Å². The molecule has 0 radical (unpaired) electrons. The number of anilines is 2. The molecule has 5 N–H and O–H groups in total. The van der Waals surface area contributed by atoms with Crippen LogP contribution in [0.15, 0.2) is 17.1 Å². The fourth-order valence-electron chi connectivity index (χ4n) is 0.506. The van der Waals surface area contributed by atoms with Crippen LogP contribution in [-0.4, -0.2) is 4.98 Å². The molecular weight excluding hydrogens is 118 g/mol. The molecule has 0 amide bonds. The molecular formula is C5H8N3O+. The highest BCUT2D eigenvalue weighted by molar-refractivity contribution is 5.60. The Hall–Kier alpha value is -1.45. The van der Waals surface area contributed by atoms with Crippen molar-refractivity contribution in [2.75, 3.05) is 11.5 Å². The molecule has 0 fully saturated rings. The van der Waals surface area contributed by atoms with Gasteiger partial charge in [0.1, 0.15) is 5.69 Å². The fourth-order valence-corrected chi connectivity index (χ4v) is 0.506. The van der Waals surface area contributed by atoms with Crippen LogP contribution in [0.3, 0.4) is 0 Å². The van der Waals surface area contributed by atoms with E-state index in [1.54, 1.807) is 0 Å². The summed E-state index contributed by atoms with van der Waals surface area (Å²) in [6.07, 6.45) is 1.45. The lowest BCUT2D eigenvalue weighted by Crippen LogP contribution is -2.12. The van der Waals surface area contributed by atoms with Crippen LogP contribution in [0.4, 0.5) is 11.4 Å². The van der Waals surface area contributed by atoms with E-state index in [1.807, 2.05) is 0 Å². The van der Waals surface area contributed by atoms with Crippen molar-refractivity contribution in [3.05, 3.63) is 22.6 Å². The maximum absolute atomic E-state index is 10.6. The summed E-state index contributed by atoms with van der Waals surface area (Å²) in [5.41, 5.74) is 10.6. The minimum Gasteiger partial charge on any atom is -0.397 e. The Kier molecular flexibility index (Phi) is 1.14. The molecule has 1 aromatic heterocycles. The van der Waals surface area contributed by atoms with Gasteiger partial charge < -0.3 is 16.5 Å². The van der Waals surface area contributed by atoms with Crippen molar-refractivity contribution in [3.8, 4) is 0 Å². The first-order valence-corrected chi connectivity index (χ1v) is 2.44. The maximum Gasteiger partial charge on any atom is 1.00 e. The van der Waals surface area contributed by atoms with E-state index in [0.717, 1.165) is 0 Å². The van der Waals surface area contributed by atoms with Gasteiger partial charge in [-0.15, -0.1) is 0 Å². The standard InChI is InChI=1S/C5H7N3O/c6-3-1-2-8-5(9)4(3)7/h1-2H,7H2,(H3,6,8,9)/p+1. The van der Waals surface area contributed by atoms with E-state index in [9.17, 15) is 4.79 Å². The molecule has 4 heteroatoms. The molecule has 0 saturated heterocycles. The van der Waals surface area contributed by atoms with Crippen molar-refractivity contribution < 1.29 is 1.43 Å². The summed E-state index contributed by atoms with van der Waals surface area (Å²) in [7, 11) is 0. The number of rotatable bonds is 0. The van der Waals surface area contributed by atoms with Crippen molar-refractivity contribution >= 4 is 11.4 Å². The number of aromatic amines is 1. The Morgan fingerprint density at radius 3 is 2.67 bits per heavy atom. The third-order valence-corrected chi connectivity index (χ3v) is 1.03. The van der Waals surface area contributed by atoms with Gasteiger partial charge in [0.15, 0.2) is 0 Å². The molecule has 0 atom stereocenters. The maximum atomic E-state index is 10.6. The fraction of sp³-hybridized carbons (Fsp3) is 0. The number of nitrogen functional groups attached to an aromatic ring is 2. The van der Waals surface area contributed by atoms with Gasteiger partial charge in [-0.25, -0.2) is 0 Å². The molecule has 4 nitrogen and oxygen atoms in total. The Morgan fingerprint density at radius 2 is 2.22 bits per heavy atom. The van der Waals surface area contributed by atoms with Crippen molar-refractivity contribution in [3.63, 3.8) is 0 Å². The van der Waals surface area contributed by atoms with Crippen molar-refractivity contribution in [2.24, 2.45) is 0 Å². The average molecular weight is 126 g/mol. The van der Waals surface area contributed by atoms with Crippen LogP contribution in [0.25, 0.3) is 0 Å². The lowest BCUT2D eigenvalue weighted by atomic mass is 10.4. The Labute approximate surface area is 53.0 Å². The number of hydrogen-bond acceptors (Lipinski definition) is 3. The van der Waals surface area contributed by atoms with E-state index in [-0.39, 0.29) is 12.7 Å². The second-order valence-electron chi connectivity index (χ2n) is 1.68. The van der Waals surface area contributed by atoms with Gasteiger partial charge in [-0.05, 0) is 6.07 Å². The smallest absolute Gasteiger partial charge is 0.397 e. The summed E-state index contributed by atoms with van der Waals surface area (Å²) < 4.78 is 0. The number of hydrogen-bond donors (Lipinski definition) is 3. The number of aromatic nitrogens is 1. The molecule has 1 aromatic rings. The Morgan fingerprint density at radius 1 is 1.56 bits per heavy atom. The second-order valence-corrected chi connectivity index (χ2v) is 1.68. The summed E-state index contributed by atoms with van der Waals surface area (Å²) in [6.45, 7) is 0. The highest BCUT2D eigenvalue weighted by atomic mass is 16.1. The van der Waals surface area contributed by atoms with E-state index in [4.69, 9.17) is 11.5 Å². The van der Waals surface area contributed by atoms with Gasteiger partial charge in [-0.2, -0.15) is 0 Å². The quantitative estimate of drug-likeness (QED) is 0.444. The van der Waals surface area contributed by atoms with Crippen LogP contribution in [0.5, 0.6) is 0 Å². The van der Waals surface area contributed by atoms with Crippen molar-refractivity contribution in [1.82, 2.24) is 4.98 Å². The third kappa shape index (κ3) is 0.861. The molecule has 0 spiro atoms. The highest BCUT2D eigenvalue weighted by Crippen LogP contribution is 2.03. The van der Waals surface area contributed by atoms with E-state index in [1.165, 1.54) is 12.3 Å². The minimum absolute atomic E-state index is 0. The number of pyridine rings is 1. The first-order chi connectivity index (χ1) is 4.22. The SMILES string of the molecule is Nc1cc[nH]c(=O)c1N.[H+]. The summed E-state index contributed by atoms with van der Waals surface area (Å²) >= 11 is 0. The normalized spacial score (nSPS) is 9.33. The lowest BCUT2D eigenvalue weighted by Gasteiger charge is -1.93. The lowest BCUT2D eigenvalue weighted by molar-refractivity contribution is 1.25. The molecule has 48 valence electrons. The zero-order valence-electron chi connectivity index (χ0n) is 5.72. The Bertz CT molecular complexity index is 270. The first-order valence-electron chi connectivity index (χ1n) is 2.44. The van der Waals surface area contributed by atoms with Gasteiger partial charge in [-0.3, -0.25) is 4.79 Å². The van der Waals surface area contributed by atoms with Crippen LogP contribution in [-0.2, 0) is 0 Å². The number of nitrogens with two attached hydrogens (primary N) is 2. The largest absolute Gasteiger partial charge is 1.00 e. The molecule has 0 bridgehead atoms. The molecule has 0 unspecified atom stereocenters. The van der Waals surface area contributed by atoms with Crippen LogP contribution in [0.1, 0.15) is 1.43 Å². The monoisotopic (exact) mass is 126 g/mol. The predicted molar refractivity (Wildman–Crippen MR) is 37.0 cm³/mol. The molecule has 0 aliphatic carbocycles. The van der Waals surface area contributed by atoms with Gasteiger partial charge in [0.05, 0.1) is 5.69 Å². The minimum atomic E-state index is -0.338. The van der Waals surface area contributed by atoms with Gasteiger partial charge in [0.25, 0.3) is 5.56 Å². The molecule has 0 aromatic carbocycles. The number of nitrogens with one attached hydrogen (secondary N) is 1. The van der Waals surface area contributed by atoms with Crippen LogP contribution in [0.2, 0.25) is 0 Å². The third-order valence-electron chi connectivity index (χ3n) is 1.03. The zero-order valence-corrected chi connectivity index (χ0v) is 4.72. The van der Waals surface area contributed by atoms with Crippen molar-refractivity contribution in [1.29, 1.82) is 0 Å². The zero-order chi connectivity index (χ0) is 6.85. The van der Waals surface area contributed by atoms with E-state index >= 15 is 0 Å². The van der Waals surface area contributed by atoms with Gasteiger partial charge in [-0.1, -0.05) is 0 Å². The predicted octanol–water partition coefficient (Wildman–Crippen LogP) is -0.348. The summed E-state index contributed by atoms with van der Waals surface area (Å²) in [5.74, 6) is 0. The average Bonchev–Trinajstić information content (AvgIpc) is 1.83. The van der Waals surface area contributed by atoms with Crippen molar-refractivity contribution in [2.45, 2.75) is 0 Å². The van der Waals surface area contributed by atoms with E-state index in [2.05, 4.69) is 4.98 Å². The number of H-pyrrole nitrogens is 1. The topological polar surface area (TPSA) is 84.9 Å². The molecule has 1 heterocycles. The molecule has 0 aliphatic heterocycles. The summed E-state index contributed by atoms with van der Waals surface area (Å²) in [4.78, 5) is 13.0. The van der Waals surface area contributed by atoms with Crippen LogP contribution < -0.4 is 17.0 Å². The molecule has 0 saturated carbocycles. The molecule has 9 heavy (non-hydrogen) atoms.